The highest BCUT2D eigenvalue weighted by Crippen LogP contribution is 2.38. The number of aromatic nitrogens is 2. The fourth-order valence-corrected chi connectivity index (χ4v) is 3.84. The molecule has 0 radical (unpaired) electrons. The molecule has 94 valence electrons. The van der Waals surface area contributed by atoms with E-state index < -0.39 is 0 Å². The van der Waals surface area contributed by atoms with Crippen molar-refractivity contribution < 1.29 is 0 Å². The molecule has 17 heavy (non-hydrogen) atoms. The predicted molar refractivity (Wildman–Crippen MR) is 72.8 cm³/mol. The van der Waals surface area contributed by atoms with Gasteiger partial charge in [-0.3, -0.25) is 0 Å². The van der Waals surface area contributed by atoms with Crippen LogP contribution in [-0.2, 0) is 0 Å². The minimum Gasteiger partial charge on any atom is -0.383 e. The number of thioether (sulfide) groups is 1. The van der Waals surface area contributed by atoms with Crippen molar-refractivity contribution in [3.8, 4) is 0 Å². The minimum absolute atomic E-state index is 0.462. The molecule has 0 amide bonds. The zero-order valence-corrected chi connectivity index (χ0v) is 11.0. The highest BCUT2D eigenvalue weighted by atomic mass is 32.2. The monoisotopic (exact) mass is 252 g/mol. The van der Waals surface area contributed by atoms with Crippen LogP contribution < -0.4 is 11.5 Å². The van der Waals surface area contributed by atoms with Gasteiger partial charge in [-0.05, 0) is 18.8 Å². The molecule has 0 aliphatic heterocycles. The van der Waals surface area contributed by atoms with Gasteiger partial charge in [0.1, 0.15) is 11.6 Å². The molecule has 2 unspecified atom stereocenters. The van der Waals surface area contributed by atoms with E-state index >= 15 is 0 Å². The number of nitrogens with zero attached hydrogens (tertiary/aromatic N) is 2. The second kappa shape index (κ2) is 5.58. The maximum Gasteiger partial charge on any atom is 0.191 e. The van der Waals surface area contributed by atoms with Gasteiger partial charge in [0.2, 0.25) is 0 Å². The normalized spacial score (nSPS) is 24.8. The average molecular weight is 252 g/mol. The molecule has 0 aromatic carbocycles. The van der Waals surface area contributed by atoms with Crippen LogP contribution in [0, 0.1) is 5.92 Å². The number of nitrogen functional groups attached to an aromatic ring is 2. The van der Waals surface area contributed by atoms with E-state index in [0.29, 0.717) is 16.9 Å². The molecule has 0 saturated heterocycles. The SMILES string of the molecule is CCC1CCCCC1Sc1nc(N)cc(N)n1. The van der Waals surface area contributed by atoms with Gasteiger partial charge in [-0.15, -0.1) is 0 Å². The van der Waals surface area contributed by atoms with Crippen molar-refractivity contribution in [2.75, 3.05) is 11.5 Å². The summed E-state index contributed by atoms with van der Waals surface area (Å²) in [5.41, 5.74) is 11.4. The third-order valence-corrected chi connectivity index (χ3v) is 4.68. The Labute approximate surface area is 107 Å². The van der Waals surface area contributed by atoms with Crippen molar-refractivity contribution in [1.29, 1.82) is 0 Å². The smallest absolute Gasteiger partial charge is 0.191 e. The summed E-state index contributed by atoms with van der Waals surface area (Å²) in [5.74, 6) is 1.70. The Morgan fingerprint density at radius 3 is 2.53 bits per heavy atom. The van der Waals surface area contributed by atoms with Crippen LogP contribution in [0.2, 0.25) is 0 Å². The lowest BCUT2D eigenvalue weighted by Gasteiger charge is -2.29. The van der Waals surface area contributed by atoms with E-state index in [1.807, 2.05) is 0 Å². The van der Waals surface area contributed by atoms with E-state index in [4.69, 9.17) is 11.5 Å². The van der Waals surface area contributed by atoms with Gasteiger partial charge in [-0.2, -0.15) is 0 Å². The summed E-state index contributed by atoms with van der Waals surface area (Å²) in [7, 11) is 0. The third kappa shape index (κ3) is 3.25. The fraction of sp³-hybridized carbons (Fsp3) is 0.667. The third-order valence-electron chi connectivity index (χ3n) is 3.37. The number of nitrogens with two attached hydrogens (primary N) is 2. The van der Waals surface area contributed by atoms with E-state index in [0.717, 1.165) is 11.1 Å². The maximum atomic E-state index is 5.69. The largest absolute Gasteiger partial charge is 0.383 e. The number of hydrogen-bond acceptors (Lipinski definition) is 5. The minimum atomic E-state index is 0.462. The Morgan fingerprint density at radius 1 is 1.24 bits per heavy atom. The van der Waals surface area contributed by atoms with Crippen LogP contribution in [0.15, 0.2) is 11.2 Å². The van der Waals surface area contributed by atoms with E-state index in [-0.39, 0.29) is 0 Å². The van der Waals surface area contributed by atoms with Crippen LogP contribution in [-0.4, -0.2) is 15.2 Å². The lowest BCUT2D eigenvalue weighted by Crippen LogP contribution is -2.21. The van der Waals surface area contributed by atoms with Crippen molar-refractivity contribution in [2.45, 2.75) is 49.4 Å². The summed E-state index contributed by atoms with van der Waals surface area (Å²) in [6.07, 6.45) is 6.48. The van der Waals surface area contributed by atoms with Gasteiger partial charge in [0.15, 0.2) is 5.16 Å². The highest BCUT2D eigenvalue weighted by Gasteiger charge is 2.25. The van der Waals surface area contributed by atoms with Crippen LogP contribution in [0.1, 0.15) is 39.0 Å². The number of hydrogen-bond donors (Lipinski definition) is 2. The molecule has 1 saturated carbocycles. The Balaban J connectivity index is 2.08. The predicted octanol–water partition coefficient (Wildman–Crippen LogP) is 2.70. The molecule has 0 bridgehead atoms. The molecule has 1 aliphatic carbocycles. The Hall–Kier alpha value is -0.970. The van der Waals surface area contributed by atoms with Gasteiger partial charge in [-0.25, -0.2) is 9.97 Å². The van der Waals surface area contributed by atoms with E-state index in [9.17, 15) is 0 Å². The van der Waals surface area contributed by atoms with Crippen molar-refractivity contribution in [2.24, 2.45) is 5.92 Å². The topological polar surface area (TPSA) is 77.8 Å². The first-order valence-electron chi connectivity index (χ1n) is 6.25. The maximum absolute atomic E-state index is 5.69. The average Bonchev–Trinajstić information content (AvgIpc) is 2.28. The molecular weight excluding hydrogens is 232 g/mol. The first kappa shape index (κ1) is 12.5. The summed E-state index contributed by atoms with van der Waals surface area (Å²) in [6, 6.07) is 1.60. The van der Waals surface area contributed by atoms with Crippen molar-refractivity contribution in [3.05, 3.63) is 6.07 Å². The van der Waals surface area contributed by atoms with Crippen molar-refractivity contribution in [1.82, 2.24) is 9.97 Å². The molecule has 1 aromatic heterocycles. The summed E-state index contributed by atoms with van der Waals surface area (Å²) in [5, 5.41) is 1.35. The Morgan fingerprint density at radius 2 is 1.88 bits per heavy atom. The van der Waals surface area contributed by atoms with E-state index in [1.165, 1.54) is 32.1 Å². The summed E-state index contributed by atoms with van der Waals surface area (Å²) >= 11 is 1.74. The van der Waals surface area contributed by atoms with Crippen molar-refractivity contribution in [3.63, 3.8) is 0 Å². The van der Waals surface area contributed by atoms with Crippen LogP contribution in [0.4, 0.5) is 11.6 Å². The molecule has 4 nitrogen and oxygen atoms in total. The van der Waals surface area contributed by atoms with Crippen LogP contribution in [0.5, 0.6) is 0 Å². The molecule has 5 heteroatoms. The zero-order valence-electron chi connectivity index (χ0n) is 10.2. The summed E-state index contributed by atoms with van der Waals surface area (Å²) in [6.45, 7) is 2.26. The van der Waals surface area contributed by atoms with Gasteiger partial charge in [0, 0.05) is 11.3 Å². The molecule has 1 aromatic rings. The molecule has 1 aliphatic rings. The lowest BCUT2D eigenvalue weighted by molar-refractivity contribution is 0.361. The van der Waals surface area contributed by atoms with E-state index in [1.54, 1.807) is 17.8 Å². The van der Waals surface area contributed by atoms with Gasteiger partial charge < -0.3 is 11.5 Å². The molecule has 1 fully saturated rings. The lowest BCUT2D eigenvalue weighted by atomic mass is 9.87. The van der Waals surface area contributed by atoms with Crippen LogP contribution in [0.3, 0.4) is 0 Å². The number of rotatable bonds is 3. The first-order chi connectivity index (χ1) is 8.19. The Bertz CT molecular complexity index is 363. The standard InChI is InChI=1S/C12H20N4S/c1-2-8-5-3-4-6-9(8)17-12-15-10(13)7-11(14)16-12/h7-9H,2-6H2,1H3,(H4,13,14,15,16). The fourth-order valence-electron chi connectivity index (χ4n) is 2.45. The molecule has 1 heterocycles. The first-order valence-corrected chi connectivity index (χ1v) is 7.13. The highest BCUT2D eigenvalue weighted by molar-refractivity contribution is 7.99. The molecule has 4 N–H and O–H groups in total. The molecule has 2 rings (SSSR count). The van der Waals surface area contributed by atoms with Gasteiger partial charge in [0.25, 0.3) is 0 Å². The zero-order chi connectivity index (χ0) is 12.3. The van der Waals surface area contributed by atoms with Crippen LogP contribution in [0.25, 0.3) is 0 Å². The molecular formula is C12H20N4S. The van der Waals surface area contributed by atoms with Gasteiger partial charge in [0.05, 0.1) is 0 Å². The second-order valence-electron chi connectivity index (χ2n) is 4.61. The quantitative estimate of drug-likeness (QED) is 0.809. The molecule has 0 spiro atoms. The van der Waals surface area contributed by atoms with Crippen LogP contribution >= 0.6 is 11.8 Å². The summed E-state index contributed by atoms with van der Waals surface area (Å²) < 4.78 is 0. The Kier molecular flexibility index (Phi) is 4.10. The number of anilines is 2. The summed E-state index contributed by atoms with van der Waals surface area (Å²) in [4.78, 5) is 8.49. The molecule has 2 atom stereocenters. The second-order valence-corrected chi connectivity index (χ2v) is 5.82. The van der Waals surface area contributed by atoms with Gasteiger partial charge in [-0.1, -0.05) is 37.9 Å². The van der Waals surface area contributed by atoms with Gasteiger partial charge >= 0.3 is 0 Å². The van der Waals surface area contributed by atoms with E-state index in [2.05, 4.69) is 16.9 Å². The van der Waals surface area contributed by atoms with Crippen molar-refractivity contribution >= 4 is 23.4 Å².